The van der Waals surface area contributed by atoms with E-state index in [0.717, 1.165) is 53.7 Å². The fourth-order valence-corrected chi connectivity index (χ4v) is 6.13. The molecule has 3 aromatic heterocycles. The molecule has 0 bridgehead atoms. The van der Waals surface area contributed by atoms with E-state index in [-0.39, 0.29) is 0 Å². The number of fused-ring (bicyclic) bond motifs is 4. The zero-order valence-corrected chi connectivity index (χ0v) is 22.6. The summed E-state index contributed by atoms with van der Waals surface area (Å²) >= 11 is 1.64. The molecule has 8 rings (SSSR count). The van der Waals surface area contributed by atoms with E-state index in [1.165, 1.54) is 5.56 Å². The van der Waals surface area contributed by atoms with Crippen LogP contribution in [0, 0.1) is 0 Å². The summed E-state index contributed by atoms with van der Waals surface area (Å²) in [5.41, 5.74) is 7.86. The quantitative estimate of drug-likeness (QED) is 0.222. The SMILES string of the molecule is c1ccc(-c2ccc(-c3nc(-c4ccccc4)nc(-c4ccc5c(c4)sc4nc6ccccc6nc45)n3)cc2)cc1. The molecule has 0 amide bonds. The van der Waals surface area contributed by atoms with E-state index < -0.39 is 0 Å². The van der Waals surface area contributed by atoms with Gasteiger partial charge in [-0.3, -0.25) is 0 Å². The molecule has 0 aliphatic rings. The number of hydrogen-bond acceptors (Lipinski definition) is 6. The van der Waals surface area contributed by atoms with Crippen molar-refractivity contribution in [1.82, 2.24) is 24.9 Å². The lowest BCUT2D eigenvalue weighted by Gasteiger charge is -2.09. The van der Waals surface area contributed by atoms with E-state index >= 15 is 0 Å². The fraction of sp³-hybridized carbons (Fsp3) is 0. The van der Waals surface area contributed by atoms with Gasteiger partial charge in [-0.2, -0.15) is 0 Å². The molecule has 192 valence electrons. The predicted octanol–water partition coefficient (Wildman–Crippen LogP) is 8.85. The van der Waals surface area contributed by atoms with Crippen LogP contribution >= 0.6 is 11.3 Å². The van der Waals surface area contributed by atoms with Crippen LogP contribution in [0.3, 0.4) is 0 Å². The third-order valence-corrected chi connectivity index (χ3v) is 8.19. The highest BCUT2D eigenvalue weighted by Crippen LogP contribution is 2.35. The van der Waals surface area contributed by atoms with E-state index in [2.05, 4.69) is 66.7 Å². The maximum Gasteiger partial charge on any atom is 0.164 e. The third-order valence-electron chi connectivity index (χ3n) is 7.16. The van der Waals surface area contributed by atoms with Crippen molar-refractivity contribution in [2.75, 3.05) is 0 Å². The molecular formula is C35H21N5S. The van der Waals surface area contributed by atoms with E-state index in [4.69, 9.17) is 24.9 Å². The largest absolute Gasteiger partial charge is 0.243 e. The van der Waals surface area contributed by atoms with Gasteiger partial charge in [0.05, 0.1) is 11.0 Å². The molecule has 5 nitrogen and oxygen atoms in total. The summed E-state index contributed by atoms with van der Waals surface area (Å²) in [6, 6.07) is 43.1. The Kier molecular flexibility index (Phi) is 5.57. The molecular weight excluding hydrogens is 522 g/mol. The van der Waals surface area contributed by atoms with Crippen molar-refractivity contribution in [1.29, 1.82) is 0 Å². The van der Waals surface area contributed by atoms with Crippen LogP contribution in [0.2, 0.25) is 0 Å². The Labute approximate surface area is 239 Å². The second kappa shape index (κ2) is 9.70. The van der Waals surface area contributed by atoms with Crippen LogP contribution < -0.4 is 0 Å². The number of benzene rings is 5. The normalized spacial score (nSPS) is 11.4. The summed E-state index contributed by atoms with van der Waals surface area (Å²) in [5.74, 6) is 1.91. The van der Waals surface area contributed by atoms with E-state index in [9.17, 15) is 0 Å². The molecule has 0 saturated carbocycles. The predicted molar refractivity (Wildman–Crippen MR) is 168 cm³/mol. The Hall–Kier alpha value is -5.33. The smallest absolute Gasteiger partial charge is 0.164 e. The van der Waals surface area contributed by atoms with E-state index in [1.807, 2.05) is 60.7 Å². The van der Waals surface area contributed by atoms with Crippen molar-refractivity contribution in [3.8, 4) is 45.3 Å². The number of para-hydroxylation sites is 2. The van der Waals surface area contributed by atoms with Crippen molar-refractivity contribution in [3.05, 3.63) is 127 Å². The van der Waals surface area contributed by atoms with Crippen LogP contribution in [0.25, 0.3) is 76.8 Å². The molecule has 0 unspecified atom stereocenters. The zero-order chi connectivity index (χ0) is 27.2. The third kappa shape index (κ3) is 4.31. The van der Waals surface area contributed by atoms with Gasteiger partial charge in [0, 0.05) is 26.8 Å². The molecule has 0 spiro atoms. The number of nitrogens with zero attached hydrogens (tertiary/aromatic N) is 5. The van der Waals surface area contributed by atoms with Crippen molar-refractivity contribution < 1.29 is 0 Å². The minimum Gasteiger partial charge on any atom is -0.243 e. The molecule has 0 radical (unpaired) electrons. The lowest BCUT2D eigenvalue weighted by Crippen LogP contribution is -2.00. The number of thiophene rings is 1. The summed E-state index contributed by atoms with van der Waals surface area (Å²) in [4.78, 5) is 25.5. The second-order valence-corrected chi connectivity index (χ2v) is 10.8. The monoisotopic (exact) mass is 543 g/mol. The Balaban J connectivity index is 1.26. The Morgan fingerprint density at radius 1 is 0.390 bits per heavy atom. The standard InChI is InChI=1S/C35H21N5S/c1-3-9-22(10-4-1)23-15-17-25(18-16-23)33-38-32(24-11-5-2-6-12-24)39-34(40-33)26-19-20-27-30(21-26)41-35-31(27)36-28-13-7-8-14-29(28)37-35/h1-21H. The van der Waals surface area contributed by atoms with Gasteiger partial charge in [0.1, 0.15) is 10.3 Å². The van der Waals surface area contributed by atoms with Crippen LogP contribution in [0.4, 0.5) is 0 Å². The Bertz CT molecular complexity index is 2190. The van der Waals surface area contributed by atoms with Crippen molar-refractivity contribution in [2.24, 2.45) is 0 Å². The lowest BCUT2D eigenvalue weighted by atomic mass is 10.0. The van der Waals surface area contributed by atoms with Gasteiger partial charge in [0.25, 0.3) is 0 Å². The van der Waals surface area contributed by atoms with Crippen LogP contribution in [-0.4, -0.2) is 24.9 Å². The molecule has 0 aliphatic carbocycles. The maximum absolute atomic E-state index is 4.96. The summed E-state index contributed by atoms with van der Waals surface area (Å²) in [6.07, 6.45) is 0. The highest BCUT2D eigenvalue weighted by molar-refractivity contribution is 7.25. The summed E-state index contributed by atoms with van der Waals surface area (Å²) in [5, 5.41) is 1.08. The Morgan fingerprint density at radius 3 is 1.56 bits per heavy atom. The lowest BCUT2D eigenvalue weighted by molar-refractivity contribution is 1.07. The van der Waals surface area contributed by atoms with Gasteiger partial charge in [0.15, 0.2) is 17.5 Å². The van der Waals surface area contributed by atoms with E-state index in [1.54, 1.807) is 11.3 Å². The van der Waals surface area contributed by atoms with Gasteiger partial charge < -0.3 is 0 Å². The molecule has 0 N–H and O–H groups in total. The fourth-order valence-electron chi connectivity index (χ4n) is 5.07. The first-order valence-electron chi connectivity index (χ1n) is 13.4. The first kappa shape index (κ1) is 23.5. The molecule has 6 heteroatoms. The highest BCUT2D eigenvalue weighted by Gasteiger charge is 2.15. The van der Waals surface area contributed by atoms with Crippen LogP contribution in [0.5, 0.6) is 0 Å². The summed E-state index contributed by atoms with van der Waals surface area (Å²) < 4.78 is 1.10. The molecule has 0 atom stereocenters. The number of aromatic nitrogens is 5. The minimum atomic E-state index is 0.631. The van der Waals surface area contributed by atoms with Gasteiger partial charge in [-0.15, -0.1) is 11.3 Å². The first-order valence-corrected chi connectivity index (χ1v) is 14.2. The van der Waals surface area contributed by atoms with Gasteiger partial charge in [-0.1, -0.05) is 109 Å². The van der Waals surface area contributed by atoms with E-state index in [0.29, 0.717) is 17.5 Å². The van der Waals surface area contributed by atoms with Gasteiger partial charge in [-0.05, 0) is 29.3 Å². The average molecular weight is 544 g/mol. The van der Waals surface area contributed by atoms with Gasteiger partial charge >= 0.3 is 0 Å². The average Bonchev–Trinajstić information content (AvgIpc) is 3.41. The molecule has 0 fully saturated rings. The maximum atomic E-state index is 4.96. The molecule has 5 aromatic carbocycles. The first-order chi connectivity index (χ1) is 20.3. The van der Waals surface area contributed by atoms with Crippen LogP contribution in [-0.2, 0) is 0 Å². The summed E-state index contributed by atoms with van der Waals surface area (Å²) in [7, 11) is 0. The zero-order valence-electron chi connectivity index (χ0n) is 21.8. The number of rotatable bonds is 4. The highest BCUT2D eigenvalue weighted by atomic mass is 32.1. The van der Waals surface area contributed by atoms with Crippen molar-refractivity contribution >= 4 is 42.8 Å². The molecule has 8 aromatic rings. The number of hydrogen-bond donors (Lipinski definition) is 0. The van der Waals surface area contributed by atoms with Gasteiger partial charge in [0.2, 0.25) is 0 Å². The Morgan fingerprint density at radius 2 is 0.878 bits per heavy atom. The molecule has 3 heterocycles. The molecule has 0 aliphatic heterocycles. The van der Waals surface area contributed by atoms with Gasteiger partial charge in [-0.25, -0.2) is 24.9 Å². The minimum absolute atomic E-state index is 0.631. The van der Waals surface area contributed by atoms with Crippen LogP contribution in [0.15, 0.2) is 127 Å². The van der Waals surface area contributed by atoms with Crippen molar-refractivity contribution in [2.45, 2.75) is 0 Å². The van der Waals surface area contributed by atoms with Crippen LogP contribution in [0.1, 0.15) is 0 Å². The second-order valence-electron chi connectivity index (χ2n) is 9.79. The topological polar surface area (TPSA) is 64.5 Å². The summed E-state index contributed by atoms with van der Waals surface area (Å²) in [6.45, 7) is 0. The van der Waals surface area contributed by atoms with Crippen molar-refractivity contribution in [3.63, 3.8) is 0 Å². The molecule has 0 saturated heterocycles. The molecule has 41 heavy (non-hydrogen) atoms.